The molecule has 0 N–H and O–H groups in total. The molecule has 0 aliphatic carbocycles. The summed E-state index contributed by atoms with van der Waals surface area (Å²) >= 11 is 1.64. The quantitative estimate of drug-likeness (QED) is 0.520. The Morgan fingerprint density at radius 3 is 2.44 bits per heavy atom. The Kier molecular flexibility index (Phi) is 4.26. The molecule has 2 aromatic carbocycles. The van der Waals surface area contributed by atoms with Gasteiger partial charge < -0.3 is 9.26 Å². The summed E-state index contributed by atoms with van der Waals surface area (Å²) in [6.07, 6.45) is 0. The molecule has 6 heteroatoms. The predicted molar refractivity (Wildman–Crippen MR) is 96.4 cm³/mol. The van der Waals surface area contributed by atoms with E-state index in [2.05, 4.69) is 20.5 Å². The fraction of sp³-hybridized carbons (Fsp3) is 0.105. The number of hydrogen-bond acceptors (Lipinski definition) is 6. The summed E-state index contributed by atoms with van der Waals surface area (Å²) in [4.78, 5) is 8.88. The fourth-order valence-electron chi connectivity index (χ4n) is 2.38. The first-order valence-corrected chi connectivity index (χ1v) is 8.69. The van der Waals surface area contributed by atoms with Crippen molar-refractivity contribution in [1.82, 2.24) is 15.1 Å². The molecule has 0 fully saturated rings. The van der Waals surface area contributed by atoms with Crippen LogP contribution in [0.4, 0.5) is 0 Å². The van der Waals surface area contributed by atoms with Gasteiger partial charge in [-0.1, -0.05) is 47.6 Å². The lowest BCUT2D eigenvalue weighted by Crippen LogP contribution is -1.95. The lowest BCUT2D eigenvalue weighted by molar-refractivity contribution is 0.243. The summed E-state index contributed by atoms with van der Waals surface area (Å²) in [7, 11) is 0. The Morgan fingerprint density at radius 2 is 1.72 bits per heavy atom. The number of aromatic nitrogens is 3. The molecular weight excluding hydrogens is 334 g/mol. The standard InChI is InChI=1S/C19H15N3O2S/c1-13-20-17(12-25-13)14-7-9-15(10-8-14)19-21-18(24-22-19)11-23-16-5-3-2-4-6-16/h2-10,12H,11H2,1H3. The first-order chi connectivity index (χ1) is 12.3. The van der Waals surface area contributed by atoms with Crippen LogP contribution in [0.1, 0.15) is 10.9 Å². The molecule has 2 heterocycles. The number of hydrogen-bond donors (Lipinski definition) is 0. The third-order valence-corrected chi connectivity index (χ3v) is 4.40. The van der Waals surface area contributed by atoms with E-state index in [-0.39, 0.29) is 6.61 Å². The zero-order valence-electron chi connectivity index (χ0n) is 13.5. The van der Waals surface area contributed by atoms with Crippen molar-refractivity contribution in [1.29, 1.82) is 0 Å². The second-order valence-corrected chi connectivity index (χ2v) is 6.50. The van der Waals surface area contributed by atoms with Crippen molar-refractivity contribution in [2.24, 2.45) is 0 Å². The number of nitrogens with zero attached hydrogens (tertiary/aromatic N) is 3. The van der Waals surface area contributed by atoms with Crippen LogP contribution in [0.15, 0.2) is 64.5 Å². The predicted octanol–water partition coefficient (Wildman–Crippen LogP) is 4.75. The number of ether oxygens (including phenoxy) is 1. The number of para-hydroxylation sites is 1. The van der Waals surface area contributed by atoms with Crippen molar-refractivity contribution in [3.63, 3.8) is 0 Å². The van der Waals surface area contributed by atoms with Crippen LogP contribution >= 0.6 is 11.3 Å². The molecule has 0 saturated heterocycles. The Balaban J connectivity index is 1.46. The van der Waals surface area contributed by atoms with Gasteiger partial charge in [0.15, 0.2) is 6.61 Å². The van der Waals surface area contributed by atoms with Crippen molar-refractivity contribution < 1.29 is 9.26 Å². The van der Waals surface area contributed by atoms with Gasteiger partial charge in [-0.05, 0) is 19.1 Å². The molecule has 0 atom stereocenters. The van der Waals surface area contributed by atoms with Crippen LogP contribution in [-0.4, -0.2) is 15.1 Å². The van der Waals surface area contributed by atoms with Crippen LogP contribution < -0.4 is 4.74 Å². The van der Waals surface area contributed by atoms with E-state index in [0.717, 1.165) is 27.6 Å². The highest BCUT2D eigenvalue weighted by Gasteiger charge is 2.10. The number of benzene rings is 2. The third-order valence-electron chi connectivity index (χ3n) is 3.63. The Morgan fingerprint density at radius 1 is 0.960 bits per heavy atom. The van der Waals surface area contributed by atoms with Crippen LogP contribution in [0, 0.1) is 6.92 Å². The maximum Gasteiger partial charge on any atom is 0.264 e. The van der Waals surface area contributed by atoms with Gasteiger partial charge in [-0.3, -0.25) is 0 Å². The van der Waals surface area contributed by atoms with E-state index in [1.165, 1.54) is 0 Å². The van der Waals surface area contributed by atoms with Gasteiger partial charge in [0, 0.05) is 16.5 Å². The second kappa shape index (κ2) is 6.86. The molecule has 25 heavy (non-hydrogen) atoms. The second-order valence-electron chi connectivity index (χ2n) is 5.44. The topological polar surface area (TPSA) is 61.0 Å². The molecule has 0 aliphatic rings. The smallest absolute Gasteiger partial charge is 0.264 e. The molecule has 0 spiro atoms. The van der Waals surface area contributed by atoms with E-state index >= 15 is 0 Å². The van der Waals surface area contributed by atoms with Crippen LogP contribution in [0.25, 0.3) is 22.6 Å². The van der Waals surface area contributed by atoms with Crippen LogP contribution in [0.3, 0.4) is 0 Å². The highest BCUT2D eigenvalue weighted by molar-refractivity contribution is 7.09. The normalized spacial score (nSPS) is 10.8. The van der Waals surface area contributed by atoms with Gasteiger partial charge in [-0.15, -0.1) is 11.3 Å². The molecule has 5 nitrogen and oxygen atoms in total. The summed E-state index contributed by atoms with van der Waals surface area (Å²) < 4.78 is 10.9. The molecule has 2 aromatic heterocycles. The van der Waals surface area contributed by atoms with E-state index in [1.54, 1.807) is 11.3 Å². The molecule has 0 unspecified atom stereocenters. The monoisotopic (exact) mass is 349 g/mol. The first kappa shape index (κ1) is 15.5. The van der Waals surface area contributed by atoms with Gasteiger partial charge in [0.2, 0.25) is 5.82 Å². The third kappa shape index (κ3) is 3.59. The molecule has 0 saturated carbocycles. The van der Waals surface area contributed by atoms with Crippen LogP contribution in [0.5, 0.6) is 5.75 Å². The van der Waals surface area contributed by atoms with Gasteiger partial charge in [0.25, 0.3) is 5.89 Å². The fourth-order valence-corrected chi connectivity index (χ4v) is 3.00. The van der Waals surface area contributed by atoms with E-state index in [4.69, 9.17) is 9.26 Å². The van der Waals surface area contributed by atoms with Crippen molar-refractivity contribution in [3.05, 3.63) is 70.9 Å². The van der Waals surface area contributed by atoms with E-state index < -0.39 is 0 Å². The summed E-state index contributed by atoms with van der Waals surface area (Å²) in [5.74, 6) is 1.76. The van der Waals surface area contributed by atoms with Crippen LogP contribution in [-0.2, 0) is 6.61 Å². The molecular formula is C19H15N3O2S. The van der Waals surface area contributed by atoms with Gasteiger partial charge in [0.05, 0.1) is 10.7 Å². The van der Waals surface area contributed by atoms with E-state index in [1.807, 2.05) is 61.5 Å². The molecule has 0 amide bonds. The average molecular weight is 349 g/mol. The summed E-state index contributed by atoms with van der Waals surface area (Å²) in [6.45, 7) is 2.24. The molecule has 0 aliphatic heterocycles. The Labute approximate surface area is 148 Å². The minimum Gasteiger partial charge on any atom is -0.484 e. The Hall–Kier alpha value is -2.99. The van der Waals surface area contributed by atoms with Crippen molar-refractivity contribution in [2.75, 3.05) is 0 Å². The SMILES string of the molecule is Cc1nc(-c2ccc(-c3noc(COc4ccccc4)n3)cc2)cs1. The van der Waals surface area contributed by atoms with E-state index in [0.29, 0.717) is 11.7 Å². The molecule has 0 bridgehead atoms. The molecule has 124 valence electrons. The Bertz CT molecular complexity index is 962. The van der Waals surface area contributed by atoms with Gasteiger partial charge in [-0.2, -0.15) is 4.98 Å². The van der Waals surface area contributed by atoms with Gasteiger partial charge in [-0.25, -0.2) is 4.98 Å². The van der Waals surface area contributed by atoms with E-state index in [9.17, 15) is 0 Å². The maximum atomic E-state index is 5.62. The highest BCUT2D eigenvalue weighted by Crippen LogP contribution is 2.24. The summed E-state index contributed by atoms with van der Waals surface area (Å²) in [6, 6.07) is 17.5. The lowest BCUT2D eigenvalue weighted by Gasteiger charge is -2.01. The molecule has 4 aromatic rings. The van der Waals surface area contributed by atoms with Gasteiger partial charge >= 0.3 is 0 Å². The molecule has 4 rings (SSSR count). The van der Waals surface area contributed by atoms with Gasteiger partial charge in [0.1, 0.15) is 5.75 Å². The summed E-state index contributed by atoms with van der Waals surface area (Å²) in [5.41, 5.74) is 2.95. The zero-order valence-corrected chi connectivity index (χ0v) is 14.4. The molecule has 0 radical (unpaired) electrons. The van der Waals surface area contributed by atoms with Crippen LogP contribution in [0.2, 0.25) is 0 Å². The minimum atomic E-state index is 0.243. The number of rotatable bonds is 5. The first-order valence-electron chi connectivity index (χ1n) is 7.81. The lowest BCUT2D eigenvalue weighted by atomic mass is 10.1. The number of thiazole rings is 1. The van der Waals surface area contributed by atoms with Crippen molar-refractivity contribution >= 4 is 11.3 Å². The number of aryl methyl sites for hydroxylation is 1. The summed E-state index contributed by atoms with van der Waals surface area (Å²) in [5, 5.41) is 7.13. The highest BCUT2D eigenvalue weighted by atomic mass is 32.1. The zero-order chi connectivity index (χ0) is 17.1. The van der Waals surface area contributed by atoms with Crippen molar-refractivity contribution in [2.45, 2.75) is 13.5 Å². The maximum absolute atomic E-state index is 5.62. The average Bonchev–Trinajstić information content (AvgIpc) is 3.30. The largest absolute Gasteiger partial charge is 0.484 e. The minimum absolute atomic E-state index is 0.243. The van der Waals surface area contributed by atoms with Crippen molar-refractivity contribution in [3.8, 4) is 28.4 Å².